The van der Waals surface area contributed by atoms with Crippen LogP contribution in [0, 0.1) is 6.92 Å². The molecule has 0 bridgehead atoms. The van der Waals surface area contributed by atoms with Gasteiger partial charge in [-0.3, -0.25) is 4.55 Å². The standard InChI is InChI=1S/C13H15NO8S/c1-7-4-8(12(16)10(5-7)23(18,19)20)14-9(13(17)22-3)6-11(15)21-2/h4-6,14,16H,1-3H3,(H,18,19,20)/b9-6+. The van der Waals surface area contributed by atoms with Crippen molar-refractivity contribution in [3.8, 4) is 5.75 Å². The second kappa shape index (κ2) is 7.11. The van der Waals surface area contributed by atoms with E-state index in [1.165, 1.54) is 13.0 Å². The second-order valence-corrected chi connectivity index (χ2v) is 5.72. The Morgan fingerprint density at radius 3 is 2.30 bits per heavy atom. The molecule has 3 N–H and O–H groups in total. The minimum atomic E-state index is -4.69. The molecule has 0 unspecified atom stereocenters. The summed E-state index contributed by atoms with van der Waals surface area (Å²) in [6.45, 7) is 1.50. The molecule has 1 rings (SSSR count). The number of rotatable bonds is 5. The second-order valence-electron chi connectivity index (χ2n) is 4.33. The van der Waals surface area contributed by atoms with E-state index in [2.05, 4.69) is 14.8 Å². The summed E-state index contributed by atoms with van der Waals surface area (Å²) in [5.41, 5.74) is -0.264. The Kier molecular flexibility index (Phi) is 5.71. The van der Waals surface area contributed by atoms with Gasteiger partial charge in [0.2, 0.25) is 0 Å². The third kappa shape index (κ3) is 4.69. The Hall–Kier alpha value is -2.59. The molecule has 0 aromatic heterocycles. The van der Waals surface area contributed by atoms with Gasteiger partial charge in [-0.25, -0.2) is 9.59 Å². The molecule has 0 fully saturated rings. The van der Waals surface area contributed by atoms with E-state index in [1.54, 1.807) is 0 Å². The molecule has 0 atom stereocenters. The smallest absolute Gasteiger partial charge is 0.354 e. The summed E-state index contributed by atoms with van der Waals surface area (Å²) in [6.07, 6.45) is 0.765. The summed E-state index contributed by atoms with van der Waals surface area (Å²) >= 11 is 0. The summed E-state index contributed by atoms with van der Waals surface area (Å²) in [7, 11) is -2.53. The molecule has 0 spiro atoms. The lowest BCUT2D eigenvalue weighted by Gasteiger charge is -2.13. The first kappa shape index (κ1) is 18.5. The number of phenolic OH excluding ortho intramolecular Hbond substituents is 1. The molecular weight excluding hydrogens is 330 g/mol. The number of benzene rings is 1. The highest BCUT2D eigenvalue weighted by molar-refractivity contribution is 7.86. The van der Waals surface area contributed by atoms with Gasteiger partial charge in [-0.2, -0.15) is 8.42 Å². The Labute approximate surface area is 132 Å². The van der Waals surface area contributed by atoms with Crippen LogP contribution in [-0.4, -0.2) is 44.2 Å². The fourth-order valence-corrected chi connectivity index (χ4v) is 2.30. The maximum Gasteiger partial charge on any atom is 0.354 e. The van der Waals surface area contributed by atoms with Crippen molar-refractivity contribution in [3.63, 3.8) is 0 Å². The molecule has 10 heteroatoms. The number of nitrogens with one attached hydrogen (secondary N) is 1. The van der Waals surface area contributed by atoms with Crippen molar-refractivity contribution < 1.29 is 37.1 Å². The van der Waals surface area contributed by atoms with Crippen molar-refractivity contribution in [1.82, 2.24) is 0 Å². The number of carbonyl (C=O) groups is 2. The summed E-state index contributed by atoms with van der Waals surface area (Å²) in [6, 6.07) is 2.34. The zero-order chi connectivity index (χ0) is 17.8. The lowest BCUT2D eigenvalue weighted by molar-refractivity contribution is -0.138. The summed E-state index contributed by atoms with van der Waals surface area (Å²) in [5.74, 6) is -2.65. The van der Waals surface area contributed by atoms with Gasteiger partial charge in [-0.15, -0.1) is 0 Å². The lowest BCUT2D eigenvalue weighted by Crippen LogP contribution is -2.16. The minimum absolute atomic E-state index is 0.224. The Bertz CT molecular complexity index is 766. The van der Waals surface area contributed by atoms with Crippen LogP contribution in [0.2, 0.25) is 0 Å². The first-order valence-corrected chi connectivity index (χ1v) is 7.50. The van der Waals surface area contributed by atoms with Crippen LogP contribution in [-0.2, 0) is 29.2 Å². The molecule has 0 heterocycles. The maximum absolute atomic E-state index is 11.6. The van der Waals surface area contributed by atoms with E-state index in [0.29, 0.717) is 5.56 Å². The van der Waals surface area contributed by atoms with Crippen LogP contribution in [0.3, 0.4) is 0 Å². The maximum atomic E-state index is 11.6. The van der Waals surface area contributed by atoms with Crippen molar-refractivity contribution in [1.29, 1.82) is 0 Å². The molecule has 1 aromatic rings. The largest absolute Gasteiger partial charge is 0.504 e. The van der Waals surface area contributed by atoms with Crippen LogP contribution in [0.4, 0.5) is 5.69 Å². The van der Waals surface area contributed by atoms with E-state index in [1.807, 2.05) is 0 Å². The van der Waals surface area contributed by atoms with Gasteiger partial charge in [0.05, 0.1) is 26.0 Å². The van der Waals surface area contributed by atoms with Crippen molar-refractivity contribution in [2.24, 2.45) is 0 Å². The Balaban J connectivity index is 3.40. The van der Waals surface area contributed by atoms with E-state index in [-0.39, 0.29) is 5.69 Å². The SMILES string of the molecule is COC(=O)/C=C(/Nc1cc(C)cc(S(=O)(=O)O)c1O)C(=O)OC. The van der Waals surface area contributed by atoms with Crippen LogP contribution in [0.15, 0.2) is 28.8 Å². The monoisotopic (exact) mass is 345 g/mol. The zero-order valence-corrected chi connectivity index (χ0v) is 13.3. The topological polar surface area (TPSA) is 139 Å². The van der Waals surface area contributed by atoms with E-state index >= 15 is 0 Å². The fraction of sp³-hybridized carbons (Fsp3) is 0.231. The molecule has 1 aromatic carbocycles. The number of esters is 2. The van der Waals surface area contributed by atoms with Gasteiger partial charge >= 0.3 is 11.9 Å². The molecule has 0 saturated heterocycles. The molecular formula is C13H15NO8S. The third-order valence-corrected chi connectivity index (χ3v) is 3.50. The van der Waals surface area contributed by atoms with Gasteiger partial charge in [0, 0.05) is 0 Å². The lowest BCUT2D eigenvalue weighted by atomic mass is 10.2. The molecule has 0 aliphatic heterocycles. The number of aromatic hydroxyl groups is 1. The molecule has 0 aliphatic carbocycles. The van der Waals surface area contributed by atoms with E-state index in [0.717, 1.165) is 26.4 Å². The number of hydrogen-bond acceptors (Lipinski definition) is 8. The minimum Gasteiger partial charge on any atom is -0.504 e. The Morgan fingerprint density at radius 2 is 1.83 bits per heavy atom. The molecule has 0 radical (unpaired) electrons. The van der Waals surface area contributed by atoms with Crippen molar-refractivity contribution in [2.45, 2.75) is 11.8 Å². The number of hydrogen-bond donors (Lipinski definition) is 3. The first-order chi connectivity index (χ1) is 10.6. The number of ether oxygens (including phenoxy) is 2. The number of carbonyl (C=O) groups excluding carboxylic acids is 2. The highest BCUT2D eigenvalue weighted by Gasteiger charge is 2.21. The van der Waals surface area contributed by atoms with Crippen molar-refractivity contribution in [2.75, 3.05) is 19.5 Å². The van der Waals surface area contributed by atoms with E-state index in [9.17, 15) is 23.1 Å². The van der Waals surface area contributed by atoms with Crippen LogP contribution in [0.1, 0.15) is 5.56 Å². The summed E-state index contributed by atoms with van der Waals surface area (Å²) in [4.78, 5) is 22.2. The van der Waals surface area contributed by atoms with Crippen LogP contribution in [0.5, 0.6) is 5.75 Å². The predicted octanol–water partition coefficient (Wildman–Crippen LogP) is 0.589. The number of aryl methyl sites for hydroxylation is 1. The number of anilines is 1. The average molecular weight is 345 g/mol. The highest BCUT2D eigenvalue weighted by Crippen LogP contribution is 2.33. The molecule has 126 valence electrons. The van der Waals surface area contributed by atoms with E-state index in [4.69, 9.17) is 4.55 Å². The normalized spacial score (nSPS) is 11.7. The summed E-state index contributed by atoms with van der Waals surface area (Å²) in [5, 5.41) is 12.3. The van der Waals surface area contributed by atoms with Crippen LogP contribution >= 0.6 is 0 Å². The van der Waals surface area contributed by atoms with Gasteiger partial charge in [0.15, 0.2) is 5.75 Å². The average Bonchev–Trinajstić information content (AvgIpc) is 2.47. The molecule has 23 heavy (non-hydrogen) atoms. The first-order valence-electron chi connectivity index (χ1n) is 6.06. The highest BCUT2D eigenvalue weighted by atomic mass is 32.2. The van der Waals surface area contributed by atoms with Gasteiger partial charge < -0.3 is 19.9 Å². The van der Waals surface area contributed by atoms with Crippen molar-refractivity contribution in [3.05, 3.63) is 29.5 Å². The fourth-order valence-electron chi connectivity index (χ4n) is 1.62. The zero-order valence-electron chi connectivity index (χ0n) is 12.5. The van der Waals surface area contributed by atoms with Gasteiger partial charge in [-0.1, -0.05) is 0 Å². The Morgan fingerprint density at radius 1 is 1.22 bits per heavy atom. The number of methoxy groups -OCH3 is 2. The molecule has 0 amide bonds. The molecule has 0 aliphatic rings. The predicted molar refractivity (Wildman–Crippen MR) is 78.4 cm³/mol. The van der Waals surface area contributed by atoms with Crippen molar-refractivity contribution >= 4 is 27.7 Å². The summed E-state index contributed by atoms with van der Waals surface area (Å²) < 4.78 is 40.4. The van der Waals surface area contributed by atoms with Gasteiger partial charge in [0.1, 0.15) is 10.6 Å². The molecule has 0 saturated carbocycles. The molecule has 9 nitrogen and oxygen atoms in total. The van der Waals surface area contributed by atoms with Gasteiger partial charge in [0.25, 0.3) is 10.1 Å². The quantitative estimate of drug-likeness (QED) is 0.303. The van der Waals surface area contributed by atoms with Gasteiger partial charge in [-0.05, 0) is 24.6 Å². The number of phenols is 1. The van der Waals surface area contributed by atoms with Crippen LogP contribution < -0.4 is 5.32 Å². The van der Waals surface area contributed by atoms with E-state index < -0.39 is 38.4 Å². The van der Waals surface area contributed by atoms with Crippen LogP contribution in [0.25, 0.3) is 0 Å². The third-order valence-electron chi connectivity index (χ3n) is 2.64.